The Hall–Kier alpha value is -3.40. The Labute approximate surface area is 158 Å². The third-order valence-electron chi connectivity index (χ3n) is 4.28. The Balaban J connectivity index is 1.73. The van der Waals surface area contributed by atoms with Gasteiger partial charge in [-0.25, -0.2) is 14.7 Å². The van der Waals surface area contributed by atoms with Crippen molar-refractivity contribution < 1.29 is 19.4 Å². The summed E-state index contributed by atoms with van der Waals surface area (Å²) >= 11 is 0. The first kappa shape index (κ1) is 18.4. The molecule has 2 radical (unpaired) electrons. The van der Waals surface area contributed by atoms with Gasteiger partial charge in [-0.1, -0.05) is 35.9 Å². The van der Waals surface area contributed by atoms with E-state index in [2.05, 4.69) is 19.9 Å². The maximum atomic E-state index is 12.2. The number of carbonyl (C=O) groups excluding carboxylic acids is 2. The number of ether oxygens (including phenoxy) is 1. The summed E-state index contributed by atoms with van der Waals surface area (Å²) in [7, 11) is 0. The van der Waals surface area contributed by atoms with E-state index in [0.717, 1.165) is 12.0 Å². The van der Waals surface area contributed by atoms with Crippen LogP contribution in [-0.2, 0) is 5.11 Å². The van der Waals surface area contributed by atoms with E-state index in [1.165, 1.54) is 41.0 Å². The maximum Gasteiger partial charge on any atom is 0.386 e. The molecule has 0 aliphatic heterocycles. The van der Waals surface area contributed by atoms with Gasteiger partial charge in [-0.05, 0) is 73.4 Å². The van der Waals surface area contributed by atoms with Crippen LogP contribution < -0.4 is 4.74 Å². The van der Waals surface area contributed by atoms with E-state index in [1.807, 2.05) is 24.3 Å². The van der Waals surface area contributed by atoms with E-state index >= 15 is 0 Å². The zero-order valence-corrected chi connectivity index (χ0v) is 15.1. The summed E-state index contributed by atoms with van der Waals surface area (Å²) in [5.41, 5.74) is 4.72. The molecule has 3 rings (SSSR count). The predicted molar refractivity (Wildman–Crippen MR) is 102 cm³/mol. The van der Waals surface area contributed by atoms with Gasteiger partial charge in [-0.2, -0.15) is 0 Å². The molecule has 0 saturated heterocycles. The summed E-state index contributed by atoms with van der Waals surface area (Å²) in [5.74, 6) is -1.56. The average molecular weight is 358 g/mol. The Bertz CT molecular complexity index is 972. The van der Waals surface area contributed by atoms with Gasteiger partial charge in [0.05, 0.1) is 11.1 Å². The third kappa shape index (κ3) is 4.42. The first-order chi connectivity index (χ1) is 12.9. The quantitative estimate of drug-likeness (QED) is 0.573. The monoisotopic (exact) mass is 358 g/mol. The largest absolute Gasteiger partial charge is 0.423 e. The van der Waals surface area contributed by atoms with Gasteiger partial charge in [-0.3, -0.25) is 0 Å². The summed E-state index contributed by atoms with van der Waals surface area (Å²) in [6.07, 6.45) is 8.01. The molecular weight excluding hydrogens is 340 g/mol. The van der Waals surface area contributed by atoms with Crippen molar-refractivity contribution >= 4 is 17.5 Å². The van der Waals surface area contributed by atoms with Crippen molar-refractivity contribution in [3.63, 3.8) is 0 Å². The molecule has 27 heavy (non-hydrogen) atoms. The van der Waals surface area contributed by atoms with Crippen molar-refractivity contribution in [1.29, 1.82) is 0 Å². The van der Waals surface area contributed by atoms with E-state index in [4.69, 9.17) is 4.74 Å². The molecule has 1 aliphatic rings. The molecule has 0 aromatic heterocycles. The van der Waals surface area contributed by atoms with Crippen LogP contribution in [0.4, 0.5) is 0 Å². The summed E-state index contributed by atoms with van der Waals surface area (Å²) in [5, 5.41) is 10.9. The number of hydrogen-bond acceptors (Lipinski definition) is 3. The van der Waals surface area contributed by atoms with Gasteiger partial charge in [0.1, 0.15) is 5.75 Å². The fourth-order valence-corrected chi connectivity index (χ4v) is 2.74. The molecule has 0 bridgehead atoms. The minimum atomic E-state index is -1.34. The van der Waals surface area contributed by atoms with Crippen molar-refractivity contribution in [2.24, 2.45) is 0 Å². The molecular formula is C23H18O4. The van der Waals surface area contributed by atoms with Crippen molar-refractivity contribution in [3.8, 4) is 5.75 Å². The Morgan fingerprint density at radius 3 is 2.37 bits per heavy atom. The van der Waals surface area contributed by atoms with Crippen LogP contribution in [0.1, 0.15) is 46.5 Å². The lowest BCUT2D eigenvalue weighted by Crippen LogP contribution is -2.09. The second kappa shape index (κ2) is 7.87. The molecule has 2 aromatic carbocycles. The molecule has 2 aromatic rings. The molecule has 4 heteroatoms. The average Bonchev–Trinajstić information content (AvgIpc) is 2.68. The van der Waals surface area contributed by atoms with Crippen LogP contribution >= 0.6 is 0 Å². The molecule has 0 spiro atoms. The standard InChI is InChI=1S/C23H18O4/c1-15(2)17-5-3-6-18(13-17)16-9-11-21(12-10-16)27-23(26)20-8-4-7-19(14-20)22(24)25/h3-4,6-12,14H,13H2,1-2H3. The molecule has 4 nitrogen and oxygen atoms in total. The molecule has 1 aliphatic carbocycles. The Kier molecular flexibility index (Phi) is 5.36. The maximum absolute atomic E-state index is 12.2. The molecule has 0 amide bonds. The van der Waals surface area contributed by atoms with Crippen molar-refractivity contribution in [2.75, 3.05) is 0 Å². The molecule has 0 atom stereocenters. The Morgan fingerprint density at radius 1 is 1.00 bits per heavy atom. The van der Waals surface area contributed by atoms with Crippen molar-refractivity contribution in [2.45, 2.75) is 20.3 Å². The number of esters is 1. The highest BCUT2D eigenvalue weighted by atomic mass is 16.5. The molecule has 0 saturated carbocycles. The van der Waals surface area contributed by atoms with Crippen molar-refractivity contribution in [3.05, 3.63) is 94.6 Å². The molecule has 134 valence electrons. The summed E-state index contributed by atoms with van der Waals surface area (Å²) in [4.78, 5) is 23.1. The van der Waals surface area contributed by atoms with Gasteiger partial charge in [0.2, 0.25) is 0 Å². The lowest BCUT2D eigenvalue weighted by Gasteiger charge is -2.14. The van der Waals surface area contributed by atoms with E-state index < -0.39 is 11.9 Å². The summed E-state index contributed by atoms with van der Waals surface area (Å²) < 4.78 is 5.34. The highest BCUT2D eigenvalue weighted by Gasteiger charge is 2.13. The van der Waals surface area contributed by atoms with Gasteiger partial charge in [-0.15, -0.1) is 0 Å². The van der Waals surface area contributed by atoms with Crippen LogP contribution in [0.3, 0.4) is 0 Å². The number of carbonyl (C=O) groups is 2. The van der Waals surface area contributed by atoms with E-state index in [-0.39, 0.29) is 11.1 Å². The minimum absolute atomic E-state index is 0.0658. The third-order valence-corrected chi connectivity index (χ3v) is 4.28. The van der Waals surface area contributed by atoms with E-state index in [1.54, 1.807) is 12.1 Å². The number of hydrogen-bond donors (Lipinski definition) is 0. The SMILES string of the molecule is CC(C)=C1[C]=CC=C(c2ccc(OC(=O)c3cccc(C([O])=O)c3)cc2)C1. The normalized spacial score (nSPS) is 13.1. The fraction of sp³-hybridized carbons (Fsp3) is 0.130. The van der Waals surface area contributed by atoms with Crippen LogP contribution in [0, 0.1) is 6.08 Å². The van der Waals surface area contributed by atoms with Gasteiger partial charge < -0.3 is 4.74 Å². The number of benzene rings is 2. The van der Waals surface area contributed by atoms with Crippen LogP contribution in [0.5, 0.6) is 5.75 Å². The van der Waals surface area contributed by atoms with E-state index in [0.29, 0.717) is 5.75 Å². The molecule has 0 unspecified atom stereocenters. The van der Waals surface area contributed by atoms with Crippen LogP contribution in [-0.4, -0.2) is 11.9 Å². The second-order valence-electron chi connectivity index (χ2n) is 6.44. The van der Waals surface area contributed by atoms with E-state index in [9.17, 15) is 14.7 Å². The lowest BCUT2D eigenvalue weighted by atomic mass is 9.92. The molecule has 0 fully saturated rings. The highest BCUT2D eigenvalue weighted by Crippen LogP contribution is 2.29. The topological polar surface area (TPSA) is 63.3 Å². The van der Waals surface area contributed by atoms with Crippen LogP contribution in [0.2, 0.25) is 0 Å². The predicted octanol–water partition coefficient (Wildman–Crippen LogP) is 4.96. The number of rotatable bonds is 4. The zero-order valence-electron chi connectivity index (χ0n) is 15.1. The summed E-state index contributed by atoms with van der Waals surface area (Å²) in [6.45, 7) is 4.13. The zero-order chi connectivity index (χ0) is 19.4. The van der Waals surface area contributed by atoms with Gasteiger partial charge in [0.15, 0.2) is 0 Å². The lowest BCUT2D eigenvalue weighted by molar-refractivity contribution is 0.0573. The summed E-state index contributed by atoms with van der Waals surface area (Å²) in [6, 6.07) is 12.8. The highest BCUT2D eigenvalue weighted by molar-refractivity contribution is 5.95. The minimum Gasteiger partial charge on any atom is -0.423 e. The first-order valence-corrected chi connectivity index (χ1v) is 8.53. The van der Waals surface area contributed by atoms with Crippen LogP contribution in [0.15, 0.2) is 71.8 Å². The fourth-order valence-electron chi connectivity index (χ4n) is 2.74. The molecule has 0 N–H and O–H groups in total. The van der Waals surface area contributed by atoms with Gasteiger partial charge >= 0.3 is 11.9 Å². The first-order valence-electron chi connectivity index (χ1n) is 8.53. The van der Waals surface area contributed by atoms with Crippen LogP contribution in [0.25, 0.3) is 5.57 Å². The molecule has 0 heterocycles. The Morgan fingerprint density at radius 2 is 1.70 bits per heavy atom. The number of allylic oxidation sites excluding steroid dienone is 6. The smallest absolute Gasteiger partial charge is 0.386 e. The van der Waals surface area contributed by atoms with Crippen molar-refractivity contribution in [1.82, 2.24) is 0 Å². The van der Waals surface area contributed by atoms with Gasteiger partial charge in [0.25, 0.3) is 0 Å². The second-order valence-corrected chi connectivity index (χ2v) is 6.44. The van der Waals surface area contributed by atoms with Gasteiger partial charge in [0, 0.05) is 0 Å².